The van der Waals surface area contributed by atoms with E-state index in [9.17, 15) is 14.4 Å². The molecule has 1 atom stereocenters. The molecule has 0 saturated heterocycles. The molecule has 0 aliphatic rings. The summed E-state index contributed by atoms with van der Waals surface area (Å²) in [7, 11) is 0. The molecular weight excluding hydrogens is 401 g/mol. The molecule has 2 aromatic carbocycles. The molecule has 3 N–H and O–H groups in total. The molecule has 0 aliphatic carbocycles. The van der Waals surface area contributed by atoms with E-state index in [0.717, 1.165) is 5.56 Å². The highest BCUT2D eigenvalue weighted by Gasteiger charge is 2.18. The second-order valence-electron chi connectivity index (χ2n) is 6.10. The van der Waals surface area contributed by atoms with Crippen LogP contribution in [0, 0.1) is 0 Å². The zero-order valence-electron chi connectivity index (χ0n) is 15.3. The number of carbonyl (C=O) groups is 3. The van der Waals surface area contributed by atoms with Crippen LogP contribution in [0.25, 0.3) is 0 Å². The predicted octanol–water partition coefficient (Wildman–Crippen LogP) is 2.59. The number of carbonyl (C=O) groups excluding carboxylic acids is 3. The van der Waals surface area contributed by atoms with Crippen LogP contribution in [0.4, 0.5) is 0 Å². The minimum absolute atomic E-state index is 0.127. The first-order valence-corrected chi connectivity index (χ1v) is 9.47. The van der Waals surface area contributed by atoms with Crippen LogP contribution < -0.4 is 16.0 Å². The Balaban J connectivity index is 1.71. The molecule has 3 amide bonds. The first-order valence-electron chi connectivity index (χ1n) is 8.71. The summed E-state index contributed by atoms with van der Waals surface area (Å²) < 4.78 is 0. The highest BCUT2D eigenvalue weighted by atomic mass is 35.5. The fourth-order valence-electron chi connectivity index (χ4n) is 2.40. The molecular formula is C20H21Cl2N3O3. The smallest absolute Gasteiger partial charge is 0.253 e. The summed E-state index contributed by atoms with van der Waals surface area (Å²) in [5.41, 5.74) is 1.11. The number of rotatable bonds is 8. The van der Waals surface area contributed by atoms with Gasteiger partial charge < -0.3 is 16.0 Å². The molecule has 2 aromatic rings. The molecule has 0 radical (unpaired) electrons. The number of benzene rings is 2. The van der Waals surface area contributed by atoms with Crippen LogP contribution in [-0.2, 0) is 16.0 Å². The summed E-state index contributed by atoms with van der Waals surface area (Å²) >= 11 is 11.9. The van der Waals surface area contributed by atoms with Gasteiger partial charge in [0.05, 0.1) is 22.0 Å². The molecule has 28 heavy (non-hydrogen) atoms. The van der Waals surface area contributed by atoms with Gasteiger partial charge in [-0.1, -0.05) is 59.6 Å². The molecule has 0 bridgehead atoms. The minimum Gasteiger partial charge on any atom is -0.354 e. The lowest BCUT2D eigenvalue weighted by molar-refractivity contribution is -0.123. The maximum absolute atomic E-state index is 12.2. The molecule has 0 aromatic heterocycles. The average Bonchev–Trinajstić information content (AvgIpc) is 2.67. The van der Waals surface area contributed by atoms with Crippen molar-refractivity contribution in [1.29, 1.82) is 0 Å². The van der Waals surface area contributed by atoms with Gasteiger partial charge in [0.15, 0.2) is 0 Å². The Morgan fingerprint density at radius 3 is 2.32 bits per heavy atom. The van der Waals surface area contributed by atoms with Gasteiger partial charge in [-0.15, -0.1) is 0 Å². The number of halogens is 2. The second kappa shape index (κ2) is 10.7. The van der Waals surface area contributed by atoms with Gasteiger partial charge in [-0.3, -0.25) is 14.4 Å². The van der Waals surface area contributed by atoms with E-state index in [-0.39, 0.29) is 46.9 Å². The summed E-state index contributed by atoms with van der Waals surface area (Å²) in [6.45, 7) is 2.09. The van der Waals surface area contributed by atoms with Crippen molar-refractivity contribution in [2.45, 2.75) is 19.4 Å². The predicted molar refractivity (Wildman–Crippen MR) is 110 cm³/mol. The van der Waals surface area contributed by atoms with Crippen LogP contribution in [0.15, 0.2) is 48.5 Å². The van der Waals surface area contributed by atoms with E-state index in [1.54, 1.807) is 19.1 Å². The van der Waals surface area contributed by atoms with Gasteiger partial charge in [0.2, 0.25) is 11.8 Å². The van der Waals surface area contributed by atoms with Crippen LogP contribution in [0.1, 0.15) is 22.8 Å². The van der Waals surface area contributed by atoms with E-state index in [0.29, 0.717) is 0 Å². The fourth-order valence-corrected chi connectivity index (χ4v) is 2.79. The molecule has 6 nitrogen and oxygen atoms in total. The Labute approximate surface area is 173 Å². The molecule has 0 fully saturated rings. The quantitative estimate of drug-likeness (QED) is 0.572. The Hall–Kier alpha value is -2.57. The van der Waals surface area contributed by atoms with Crippen LogP contribution >= 0.6 is 23.2 Å². The fraction of sp³-hybridized carbons (Fsp3) is 0.250. The Morgan fingerprint density at radius 1 is 0.929 bits per heavy atom. The van der Waals surface area contributed by atoms with Crippen LogP contribution in [-0.4, -0.2) is 36.9 Å². The van der Waals surface area contributed by atoms with E-state index in [4.69, 9.17) is 23.2 Å². The van der Waals surface area contributed by atoms with Crippen molar-refractivity contribution in [2.75, 3.05) is 13.1 Å². The molecule has 2 rings (SSSR count). The Morgan fingerprint density at radius 2 is 1.61 bits per heavy atom. The third-order valence-corrected chi connectivity index (χ3v) is 4.71. The molecule has 0 saturated carbocycles. The van der Waals surface area contributed by atoms with Crippen LogP contribution in [0.5, 0.6) is 0 Å². The highest BCUT2D eigenvalue weighted by molar-refractivity contribution is 6.43. The summed E-state index contributed by atoms with van der Waals surface area (Å²) in [6.07, 6.45) is 0.279. The van der Waals surface area contributed by atoms with E-state index < -0.39 is 11.9 Å². The van der Waals surface area contributed by atoms with Gasteiger partial charge in [0, 0.05) is 13.1 Å². The highest BCUT2D eigenvalue weighted by Crippen LogP contribution is 2.25. The third-order valence-electron chi connectivity index (χ3n) is 3.89. The van der Waals surface area contributed by atoms with Gasteiger partial charge in [-0.2, -0.15) is 0 Å². The van der Waals surface area contributed by atoms with Crippen molar-refractivity contribution in [3.05, 3.63) is 69.7 Å². The van der Waals surface area contributed by atoms with Crippen LogP contribution in [0.3, 0.4) is 0 Å². The standard InChI is InChI=1S/C20H21Cl2N3O3/c1-13(25-20(28)15-8-5-9-16(21)18(15)22)19(27)24-11-10-23-17(26)12-14-6-3-2-4-7-14/h2-9,13H,10-12H2,1H3,(H,23,26)(H,24,27)(H,25,28). The van der Waals surface area contributed by atoms with Gasteiger partial charge in [0.1, 0.15) is 6.04 Å². The zero-order chi connectivity index (χ0) is 20.5. The normalized spacial score (nSPS) is 11.4. The molecule has 1 unspecified atom stereocenters. The minimum atomic E-state index is -0.775. The molecule has 148 valence electrons. The number of hydrogen-bond donors (Lipinski definition) is 3. The SMILES string of the molecule is CC(NC(=O)c1cccc(Cl)c1Cl)C(=O)NCCNC(=O)Cc1ccccc1. The van der Waals surface area contributed by atoms with E-state index in [1.165, 1.54) is 6.07 Å². The van der Waals surface area contributed by atoms with Gasteiger partial charge >= 0.3 is 0 Å². The summed E-state index contributed by atoms with van der Waals surface area (Å²) in [5.74, 6) is -0.993. The number of nitrogens with one attached hydrogen (secondary N) is 3. The van der Waals surface area contributed by atoms with Crippen LogP contribution in [0.2, 0.25) is 10.0 Å². The lowest BCUT2D eigenvalue weighted by Crippen LogP contribution is -2.46. The van der Waals surface area contributed by atoms with Crippen molar-refractivity contribution in [2.24, 2.45) is 0 Å². The maximum Gasteiger partial charge on any atom is 0.253 e. The van der Waals surface area contributed by atoms with Crippen molar-refractivity contribution in [3.63, 3.8) is 0 Å². The second-order valence-corrected chi connectivity index (χ2v) is 6.89. The topological polar surface area (TPSA) is 87.3 Å². The Kier molecular flexibility index (Phi) is 8.29. The summed E-state index contributed by atoms with van der Waals surface area (Å²) in [6, 6.07) is 13.3. The summed E-state index contributed by atoms with van der Waals surface area (Å²) in [5, 5.41) is 8.35. The van der Waals surface area contributed by atoms with Gasteiger partial charge in [-0.25, -0.2) is 0 Å². The molecule has 8 heteroatoms. The third kappa shape index (κ3) is 6.55. The first kappa shape index (κ1) is 21.7. The lowest BCUT2D eigenvalue weighted by Gasteiger charge is -2.15. The van der Waals surface area contributed by atoms with E-state index in [1.807, 2.05) is 30.3 Å². The monoisotopic (exact) mass is 421 g/mol. The average molecular weight is 422 g/mol. The number of hydrogen-bond acceptors (Lipinski definition) is 3. The lowest BCUT2D eigenvalue weighted by atomic mass is 10.1. The van der Waals surface area contributed by atoms with Crippen molar-refractivity contribution in [1.82, 2.24) is 16.0 Å². The molecule has 0 spiro atoms. The number of amides is 3. The Bertz CT molecular complexity index is 844. The van der Waals surface area contributed by atoms with E-state index >= 15 is 0 Å². The molecule has 0 aliphatic heterocycles. The van der Waals surface area contributed by atoms with Crippen molar-refractivity contribution in [3.8, 4) is 0 Å². The van der Waals surface area contributed by atoms with Gasteiger partial charge in [0.25, 0.3) is 5.91 Å². The zero-order valence-corrected chi connectivity index (χ0v) is 16.8. The van der Waals surface area contributed by atoms with Crippen molar-refractivity contribution < 1.29 is 14.4 Å². The van der Waals surface area contributed by atoms with E-state index in [2.05, 4.69) is 16.0 Å². The van der Waals surface area contributed by atoms with Gasteiger partial charge in [-0.05, 0) is 24.6 Å². The maximum atomic E-state index is 12.2. The summed E-state index contributed by atoms with van der Waals surface area (Å²) in [4.78, 5) is 36.2. The largest absolute Gasteiger partial charge is 0.354 e. The van der Waals surface area contributed by atoms with Crippen molar-refractivity contribution >= 4 is 40.9 Å². The molecule has 0 heterocycles. The first-order chi connectivity index (χ1) is 13.4.